The number of fused-ring (bicyclic) bond motifs is 1. The highest BCUT2D eigenvalue weighted by molar-refractivity contribution is 5.79. The highest BCUT2D eigenvalue weighted by Gasteiger charge is 2.36. The molecule has 2 N–H and O–H groups in total. The lowest BCUT2D eigenvalue weighted by Crippen LogP contribution is -3.13. The number of aryl methyl sites for hydroxylation is 1. The number of benzene rings is 1. The van der Waals surface area contributed by atoms with E-state index in [1.807, 2.05) is 10.7 Å². The van der Waals surface area contributed by atoms with Crippen LogP contribution in [0.25, 0.3) is 10.9 Å². The van der Waals surface area contributed by atoms with Crippen LogP contribution in [0.15, 0.2) is 29.1 Å². The second-order valence-corrected chi connectivity index (χ2v) is 9.10. The van der Waals surface area contributed by atoms with Crippen LogP contribution in [0.4, 0.5) is 0 Å². The van der Waals surface area contributed by atoms with Gasteiger partial charge >= 0.3 is 0 Å². The van der Waals surface area contributed by atoms with Crippen molar-refractivity contribution < 1.29 is 4.90 Å². The number of likely N-dealkylation sites (tertiary alicyclic amines) is 1. The minimum atomic E-state index is -0.259. The second kappa shape index (κ2) is 7.71. The lowest BCUT2D eigenvalue weighted by atomic mass is 9.98. The number of pyridine rings is 1. The third-order valence-electron chi connectivity index (χ3n) is 5.95. The first-order valence-electron chi connectivity index (χ1n) is 10.7. The zero-order chi connectivity index (χ0) is 20.6. The molecule has 3 aromatic rings. The predicted molar refractivity (Wildman–Crippen MR) is 113 cm³/mol. The molecular formula is C22H31N6O+. The van der Waals surface area contributed by atoms with Gasteiger partial charge in [-0.3, -0.25) is 4.79 Å². The summed E-state index contributed by atoms with van der Waals surface area (Å²) in [6, 6.07) is 8.13. The Bertz CT molecular complexity index is 1060. The van der Waals surface area contributed by atoms with E-state index in [0.717, 1.165) is 54.6 Å². The molecule has 0 amide bonds. The number of aromatic amines is 1. The largest absolute Gasteiger partial charge is 0.322 e. The second-order valence-electron chi connectivity index (χ2n) is 9.10. The third-order valence-corrected chi connectivity index (χ3v) is 5.95. The first-order chi connectivity index (χ1) is 13.9. The normalized spacial score (nSPS) is 17.0. The van der Waals surface area contributed by atoms with Gasteiger partial charge in [0.25, 0.3) is 5.56 Å². The number of quaternary nitrogens is 1. The number of rotatable bonds is 4. The van der Waals surface area contributed by atoms with Crippen molar-refractivity contribution >= 4 is 10.9 Å². The van der Waals surface area contributed by atoms with E-state index in [-0.39, 0.29) is 17.1 Å². The first-order valence-corrected chi connectivity index (χ1v) is 10.7. The van der Waals surface area contributed by atoms with E-state index in [0.29, 0.717) is 0 Å². The number of hydrogen-bond acceptors (Lipinski definition) is 4. The zero-order valence-corrected chi connectivity index (χ0v) is 17.8. The third kappa shape index (κ3) is 3.83. The molecule has 2 aromatic heterocycles. The van der Waals surface area contributed by atoms with Crippen LogP contribution in [0, 0.1) is 0 Å². The maximum atomic E-state index is 13.2. The van der Waals surface area contributed by atoms with Gasteiger partial charge in [0.2, 0.25) is 5.82 Å². The number of H-pyrrole nitrogens is 1. The monoisotopic (exact) mass is 395 g/mol. The van der Waals surface area contributed by atoms with Crippen LogP contribution in [0.1, 0.15) is 70.0 Å². The summed E-state index contributed by atoms with van der Waals surface area (Å²) in [5.74, 6) is 0.769. The van der Waals surface area contributed by atoms with E-state index in [1.54, 1.807) is 0 Å². The number of piperidine rings is 1. The molecule has 7 nitrogen and oxygen atoms in total. The van der Waals surface area contributed by atoms with Gasteiger partial charge in [-0.25, -0.2) is 4.68 Å². The summed E-state index contributed by atoms with van der Waals surface area (Å²) in [4.78, 5) is 17.7. The van der Waals surface area contributed by atoms with Crippen molar-refractivity contribution in [2.45, 2.75) is 65.0 Å². The Labute approximate surface area is 171 Å². The van der Waals surface area contributed by atoms with Crippen molar-refractivity contribution in [3.05, 3.63) is 51.6 Å². The Morgan fingerprint density at radius 2 is 1.93 bits per heavy atom. The molecule has 1 aliphatic heterocycles. The molecule has 154 valence electrons. The molecule has 0 saturated carbocycles. The quantitative estimate of drug-likeness (QED) is 0.708. The Kier molecular flexibility index (Phi) is 5.25. The molecule has 3 heterocycles. The fourth-order valence-electron chi connectivity index (χ4n) is 4.40. The van der Waals surface area contributed by atoms with Crippen molar-refractivity contribution in [1.82, 2.24) is 25.2 Å². The SMILES string of the molecule is CCc1ccc2[nH]c(=O)c([C@@H](c3nnnn3C(C)(C)C)[NH+]3CCCCC3)cc2c1. The smallest absolute Gasteiger partial charge is 0.258 e. The lowest BCUT2D eigenvalue weighted by molar-refractivity contribution is -0.931. The van der Waals surface area contributed by atoms with E-state index in [9.17, 15) is 4.79 Å². The van der Waals surface area contributed by atoms with Gasteiger partial charge in [-0.15, -0.1) is 5.10 Å². The van der Waals surface area contributed by atoms with Crippen LogP contribution in [-0.4, -0.2) is 38.3 Å². The summed E-state index contributed by atoms with van der Waals surface area (Å²) in [5.41, 5.74) is 2.58. The molecule has 0 radical (unpaired) electrons. The zero-order valence-electron chi connectivity index (χ0n) is 17.8. The number of nitrogens with one attached hydrogen (secondary N) is 2. The Hall–Kier alpha value is -2.54. The van der Waals surface area contributed by atoms with Crippen molar-refractivity contribution in [2.24, 2.45) is 0 Å². The lowest BCUT2D eigenvalue weighted by Gasteiger charge is -2.32. The number of hydrogen-bond donors (Lipinski definition) is 2. The van der Waals surface area contributed by atoms with Crippen molar-refractivity contribution in [3.63, 3.8) is 0 Å². The maximum absolute atomic E-state index is 13.2. The summed E-state index contributed by atoms with van der Waals surface area (Å²) in [7, 11) is 0. The van der Waals surface area contributed by atoms with Gasteiger partial charge in [-0.1, -0.05) is 13.0 Å². The Morgan fingerprint density at radius 1 is 1.17 bits per heavy atom. The molecule has 0 spiro atoms. The summed E-state index contributed by atoms with van der Waals surface area (Å²) < 4.78 is 1.88. The van der Waals surface area contributed by atoms with Crippen LogP contribution in [0.3, 0.4) is 0 Å². The molecule has 29 heavy (non-hydrogen) atoms. The van der Waals surface area contributed by atoms with Crippen molar-refractivity contribution in [2.75, 3.05) is 13.1 Å². The maximum Gasteiger partial charge on any atom is 0.258 e. The molecule has 1 fully saturated rings. The summed E-state index contributed by atoms with van der Waals surface area (Å²) in [5, 5.41) is 13.7. The van der Waals surface area contributed by atoms with Gasteiger partial charge < -0.3 is 9.88 Å². The summed E-state index contributed by atoms with van der Waals surface area (Å²) in [6.07, 6.45) is 4.53. The van der Waals surface area contributed by atoms with Gasteiger partial charge in [0.1, 0.15) is 0 Å². The Morgan fingerprint density at radius 3 is 2.62 bits per heavy atom. The highest BCUT2D eigenvalue weighted by atomic mass is 16.1. The molecule has 7 heteroatoms. The number of nitrogens with zero attached hydrogens (tertiary/aromatic N) is 4. The van der Waals surface area contributed by atoms with E-state index in [1.165, 1.54) is 16.9 Å². The summed E-state index contributed by atoms with van der Waals surface area (Å²) >= 11 is 0. The molecule has 1 aromatic carbocycles. The molecule has 1 aliphatic rings. The molecule has 0 aliphatic carbocycles. The van der Waals surface area contributed by atoms with Crippen molar-refractivity contribution in [1.29, 1.82) is 0 Å². The average Bonchev–Trinajstić information content (AvgIpc) is 3.19. The first kappa shape index (κ1) is 19.8. The van der Waals surface area contributed by atoms with Crippen LogP contribution in [-0.2, 0) is 12.0 Å². The molecule has 0 unspecified atom stereocenters. The predicted octanol–water partition coefficient (Wildman–Crippen LogP) is 1.99. The van der Waals surface area contributed by atoms with E-state index < -0.39 is 0 Å². The fourth-order valence-corrected chi connectivity index (χ4v) is 4.40. The van der Waals surface area contributed by atoms with Crippen LogP contribution >= 0.6 is 0 Å². The fraction of sp³-hybridized carbons (Fsp3) is 0.545. The molecular weight excluding hydrogens is 364 g/mol. The Balaban J connectivity index is 1.91. The highest BCUT2D eigenvalue weighted by Crippen LogP contribution is 2.23. The van der Waals surface area contributed by atoms with E-state index >= 15 is 0 Å². The molecule has 4 rings (SSSR count). The van der Waals surface area contributed by atoms with Gasteiger partial charge in [0.05, 0.1) is 24.2 Å². The average molecular weight is 396 g/mol. The van der Waals surface area contributed by atoms with Crippen LogP contribution < -0.4 is 10.5 Å². The number of aromatic nitrogens is 5. The minimum absolute atomic E-state index is 0.0479. The topological polar surface area (TPSA) is 80.9 Å². The van der Waals surface area contributed by atoms with Gasteiger partial charge in [0, 0.05) is 5.52 Å². The molecule has 0 bridgehead atoms. The number of tetrazole rings is 1. The van der Waals surface area contributed by atoms with Crippen LogP contribution in [0.5, 0.6) is 0 Å². The van der Waals surface area contributed by atoms with Gasteiger partial charge in [-0.05, 0) is 86.0 Å². The van der Waals surface area contributed by atoms with Crippen molar-refractivity contribution in [3.8, 4) is 0 Å². The summed E-state index contributed by atoms with van der Waals surface area (Å²) in [6.45, 7) is 10.5. The minimum Gasteiger partial charge on any atom is -0.322 e. The van der Waals surface area contributed by atoms with E-state index in [4.69, 9.17) is 0 Å². The van der Waals surface area contributed by atoms with Crippen LogP contribution in [0.2, 0.25) is 0 Å². The van der Waals surface area contributed by atoms with Gasteiger partial charge in [-0.2, -0.15) is 0 Å². The molecule has 1 saturated heterocycles. The molecule has 1 atom stereocenters. The standard InChI is InChI=1S/C22H30N6O/c1-5-15-9-10-18-16(13-15)14-17(21(29)23-18)19(27-11-7-6-8-12-27)20-24-25-26-28(20)22(2,3)4/h9-10,13-14,19H,5-8,11-12H2,1-4H3,(H,23,29)/p+1/t19-/m0/s1. The van der Waals surface area contributed by atoms with E-state index in [2.05, 4.69) is 66.4 Å². The van der Waals surface area contributed by atoms with Gasteiger partial charge in [0.15, 0.2) is 6.04 Å².